The highest BCUT2D eigenvalue weighted by Gasteiger charge is 2.70. The highest BCUT2D eigenvalue weighted by molar-refractivity contribution is 6.03. The molecule has 0 aromatic carbocycles. The second kappa shape index (κ2) is 5.67. The molecule has 0 amide bonds. The van der Waals surface area contributed by atoms with E-state index in [0.29, 0.717) is 13.0 Å². The lowest BCUT2D eigenvalue weighted by Crippen LogP contribution is -2.64. The normalized spacial score (nSPS) is 50.2. The zero-order valence-electron chi connectivity index (χ0n) is 16.3. The Morgan fingerprint density at radius 3 is 2.69 bits per heavy atom. The quantitative estimate of drug-likeness (QED) is 0.603. The Labute approximate surface area is 156 Å². The largest absolute Gasteiger partial charge is 0.465 e. The van der Waals surface area contributed by atoms with E-state index in [4.69, 9.17) is 4.74 Å². The molecule has 4 saturated carbocycles. The molecule has 1 N–H and O–H groups in total. The summed E-state index contributed by atoms with van der Waals surface area (Å²) in [6.45, 7) is 10.5. The van der Waals surface area contributed by atoms with E-state index in [-0.39, 0.29) is 40.3 Å². The number of ketones is 1. The Morgan fingerprint density at radius 2 is 2.00 bits per heavy atom. The van der Waals surface area contributed by atoms with Crippen molar-refractivity contribution in [3.05, 3.63) is 12.2 Å². The van der Waals surface area contributed by atoms with E-state index in [2.05, 4.69) is 20.4 Å². The van der Waals surface area contributed by atoms with Gasteiger partial charge in [0, 0.05) is 12.3 Å². The predicted molar refractivity (Wildman–Crippen MR) is 98.2 cm³/mol. The van der Waals surface area contributed by atoms with Crippen molar-refractivity contribution < 1.29 is 19.4 Å². The van der Waals surface area contributed by atoms with Gasteiger partial charge in [-0.3, -0.25) is 9.59 Å². The van der Waals surface area contributed by atoms with Crippen LogP contribution in [0, 0.1) is 34.0 Å². The third kappa shape index (κ3) is 2.17. The summed E-state index contributed by atoms with van der Waals surface area (Å²) in [5.41, 5.74) is 0.0337. The number of aliphatic hydroxyl groups excluding tert-OH is 1. The lowest BCUT2D eigenvalue weighted by Gasteiger charge is -2.64. The van der Waals surface area contributed by atoms with Gasteiger partial charge in [-0.05, 0) is 67.3 Å². The van der Waals surface area contributed by atoms with E-state index in [1.165, 1.54) is 6.92 Å². The van der Waals surface area contributed by atoms with Gasteiger partial charge in [0.25, 0.3) is 0 Å². The average molecular weight is 360 g/mol. The number of fused-ring (bicyclic) bond motifs is 3. The first-order valence-corrected chi connectivity index (χ1v) is 10.2. The molecule has 0 saturated heterocycles. The highest BCUT2D eigenvalue weighted by atomic mass is 16.5. The van der Waals surface area contributed by atoms with E-state index in [1.54, 1.807) is 0 Å². The molecule has 7 atom stereocenters. The van der Waals surface area contributed by atoms with Crippen LogP contribution < -0.4 is 0 Å². The van der Waals surface area contributed by atoms with Crippen molar-refractivity contribution in [2.24, 2.45) is 34.0 Å². The molecule has 4 aliphatic carbocycles. The van der Waals surface area contributed by atoms with Crippen LogP contribution in [-0.4, -0.2) is 29.6 Å². The molecule has 144 valence electrons. The first-order valence-electron chi connectivity index (χ1n) is 10.2. The molecule has 0 radical (unpaired) electrons. The SMILES string of the molecule is C=C1C(=O)[C@]23C[C@H]1CC[C@@H]2[C@]1(C)CCC[C@](C)(COC(C)=O)[C@H]1C[C@H]3O. The molecular weight excluding hydrogens is 328 g/mol. The summed E-state index contributed by atoms with van der Waals surface area (Å²) in [6.07, 6.45) is 6.04. The maximum atomic E-state index is 13.2. The van der Waals surface area contributed by atoms with Crippen LogP contribution in [0.3, 0.4) is 0 Å². The molecule has 4 rings (SSSR count). The minimum absolute atomic E-state index is 0.0115. The van der Waals surface area contributed by atoms with E-state index >= 15 is 0 Å². The van der Waals surface area contributed by atoms with Crippen molar-refractivity contribution in [2.75, 3.05) is 6.61 Å². The molecule has 0 unspecified atom stereocenters. The molecule has 26 heavy (non-hydrogen) atoms. The van der Waals surface area contributed by atoms with Crippen LogP contribution in [0.15, 0.2) is 12.2 Å². The molecule has 4 aliphatic rings. The Balaban J connectivity index is 1.74. The molecule has 0 aromatic heterocycles. The van der Waals surface area contributed by atoms with Crippen molar-refractivity contribution in [1.82, 2.24) is 0 Å². The molecule has 4 nitrogen and oxygen atoms in total. The third-order valence-electron chi connectivity index (χ3n) is 8.77. The van der Waals surface area contributed by atoms with Gasteiger partial charge in [0.15, 0.2) is 5.78 Å². The second-order valence-corrected chi connectivity index (χ2v) is 10.0. The maximum absolute atomic E-state index is 13.2. The van der Waals surface area contributed by atoms with Gasteiger partial charge >= 0.3 is 5.97 Å². The molecule has 2 bridgehead atoms. The number of Topliss-reactive ketones (excluding diaryl/α,β-unsaturated/α-hetero) is 1. The van der Waals surface area contributed by atoms with Crippen molar-refractivity contribution in [3.63, 3.8) is 0 Å². The third-order valence-corrected chi connectivity index (χ3v) is 8.77. The highest BCUT2D eigenvalue weighted by Crippen LogP contribution is 2.71. The minimum Gasteiger partial charge on any atom is -0.465 e. The van der Waals surface area contributed by atoms with E-state index in [1.807, 2.05) is 0 Å². The molecule has 1 spiro atoms. The van der Waals surface area contributed by atoms with Gasteiger partial charge in [0.05, 0.1) is 18.1 Å². The lowest BCUT2D eigenvalue weighted by molar-refractivity contribution is -0.207. The van der Waals surface area contributed by atoms with Crippen LogP contribution in [0.25, 0.3) is 0 Å². The van der Waals surface area contributed by atoms with Gasteiger partial charge in [-0.25, -0.2) is 0 Å². The van der Waals surface area contributed by atoms with E-state index in [0.717, 1.165) is 44.1 Å². The summed E-state index contributed by atoms with van der Waals surface area (Å²) >= 11 is 0. The number of esters is 1. The maximum Gasteiger partial charge on any atom is 0.302 e. The van der Waals surface area contributed by atoms with Gasteiger partial charge in [-0.1, -0.05) is 26.8 Å². The topological polar surface area (TPSA) is 63.6 Å². The number of hydrogen-bond donors (Lipinski definition) is 1. The molecule has 0 heterocycles. The number of aliphatic hydroxyl groups is 1. The van der Waals surface area contributed by atoms with Gasteiger partial charge in [0.2, 0.25) is 0 Å². The fourth-order valence-corrected chi connectivity index (χ4v) is 7.61. The van der Waals surface area contributed by atoms with Crippen LogP contribution in [0.4, 0.5) is 0 Å². The number of ether oxygens (including phenoxy) is 1. The number of rotatable bonds is 2. The summed E-state index contributed by atoms with van der Waals surface area (Å²) in [7, 11) is 0. The Morgan fingerprint density at radius 1 is 1.27 bits per heavy atom. The smallest absolute Gasteiger partial charge is 0.302 e. The predicted octanol–water partition coefficient (Wildman–Crippen LogP) is 3.67. The van der Waals surface area contributed by atoms with Gasteiger partial charge < -0.3 is 9.84 Å². The summed E-state index contributed by atoms with van der Waals surface area (Å²) in [4.78, 5) is 24.6. The summed E-state index contributed by atoms with van der Waals surface area (Å²) < 4.78 is 5.45. The fraction of sp³-hybridized carbons (Fsp3) is 0.818. The first kappa shape index (κ1) is 18.2. The summed E-state index contributed by atoms with van der Waals surface area (Å²) in [5.74, 6) is 0.652. The van der Waals surface area contributed by atoms with Crippen LogP contribution in [-0.2, 0) is 14.3 Å². The van der Waals surface area contributed by atoms with Crippen molar-refractivity contribution in [3.8, 4) is 0 Å². The molecule has 4 fully saturated rings. The molecule has 0 aromatic rings. The summed E-state index contributed by atoms with van der Waals surface area (Å²) in [6, 6.07) is 0. The van der Waals surface area contributed by atoms with Crippen molar-refractivity contribution in [2.45, 2.75) is 71.8 Å². The zero-order chi connectivity index (χ0) is 18.9. The summed E-state index contributed by atoms with van der Waals surface area (Å²) in [5, 5.41) is 11.3. The van der Waals surface area contributed by atoms with Crippen molar-refractivity contribution in [1.29, 1.82) is 0 Å². The standard InChI is InChI=1S/C22H32O4/c1-13-15-6-7-16-21(4)9-5-8-20(3,12-26-14(2)23)17(21)10-18(24)22(16,11-15)19(13)25/h15-18,24H,1,5-12H2,2-4H3/t15-,16-,17-,18-,20-,21+,22-/m1/s1. The number of allylic oxidation sites excluding steroid dienone is 1. The van der Waals surface area contributed by atoms with Gasteiger partial charge in [-0.15, -0.1) is 0 Å². The number of carbonyl (C=O) groups excluding carboxylic acids is 2. The minimum atomic E-state index is -0.606. The molecule has 4 heteroatoms. The van der Waals surface area contributed by atoms with Crippen LogP contribution in [0.1, 0.15) is 65.7 Å². The Kier molecular flexibility index (Phi) is 3.97. The number of carbonyl (C=O) groups is 2. The molecule has 0 aliphatic heterocycles. The number of hydrogen-bond acceptors (Lipinski definition) is 4. The monoisotopic (exact) mass is 360 g/mol. The van der Waals surface area contributed by atoms with Crippen LogP contribution >= 0.6 is 0 Å². The van der Waals surface area contributed by atoms with Gasteiger partial charge in [-0.2, -0.15) is 0 Å². The Hall–Kier alpha value is -1.16. The van der Waals surface area contributed by atoms with E-state index in [9.17, 15) is 14.7 Å². The lowest BCUT2D eigenvalue weighted by atomic mass is 9.40. The first-order chi connectivity index (χ1) is 12.1. The fourth-order valence-electron chi connectivity index (χ4n) is 7.61. The van der Waals surface area contributed by atoms with Crippen LogP contribution in [0.5, 0.6) is 0 Å². The second-order valence-electron chi connectivity index (χ2n) is 10.0. The average Bonchev–Trinajstić information content (AvgIpc) is 2.77. The zero-order valence-corrected chi connectivity index (χ0v) is 16.3. The Bertz CT molecular complexity index is 669. The van der Waals surface area contributed by atoms with E-state index < -0.39 is 11.5 Å². The molecular formula is C22H32O4. The van der Waals surface area contributed by atoms with Crippen LogP contribution in [0.2, 0.25) is 0 Å². The van der Waals surface area contributed by atoms with Gasteiger partial charge in [0.1, 0.15) is 0 Å². The van der Waals surface area contributed by atoms with Crippen molar-refractivity contribution >= 4 is 11.8 Å².